The minimum absolute atomic E-state index is 0.0699. The second-order valence-corrected chi connectivity index (χ2v) is 4.18. The number of hydrogen-bond acceptors (Lipinski definition) is 3. The van der Waals surface area contributed by atoms with Crippen LogP contribution in [0.2, 0.25) is 0 Å². The third-order valence-electron chi connectivity index (χ3n) is 3.07. The molecular formula is C11H18N2O2. The molecule has 4 heteroatoms. The first-order valence-electron chi connectivity index (χ1n) is 5.54. The molecule has 2 rings (SSSR count). The average molecular weight is 210 g/mol. The Labute approximate surface area is 89.9 Å². The monoisotopic (exact) mass is 210 g/mol. The summed E-state index contributed by atoms with van der Waals surface area (Å²) < 4.78 is 7.35. The van der Waals surface area contributed by atoms with Crippen LogP contribution in [0.4, 0.5) is 0 Å². The quantitative estimate of drug-likeness (QED) is 0.819. The topological polar surface area (TPSA) is 47.3 Å². The highest BCUT2D eigenvalue weighted by Gasteiger charge is 2.32. The van der Waals surface area contributed by atoms with Crippen molar-refractivity contribution in [3.05, 3.63) is 18.0 Å². The number of aliphatic hydroxyl groups excluding tert-OH is 1. The lowest BCUT2D eigenvalue weighted by Gasteiger charge is -2.19. The van der Waals surface area contributed by atoms with Crippen LogP contribution in [-0.2, 0) is 11.3 Å². The molecule has 1 saturated heterocycles. The van der Waals surface area contributed by atoms with Gasteiger partial charge in [0.15, 0.2) is 0 Å². The number of rotatable bonds is 3. The van der Waals surface area contributed by atoms with Crippen molar-refractivity contribution in [2.45, 2.75) is 39.0 Å². The van der Waals surface area contributed by atoms with Gasteiger partial charge >= 0.3 is 0 Å². The van der Waals surface area contributed by atoms with Crippen molar-refractivity contribution in [3.8, 4) is 0 Å². The highest BCUT2D eigenvalue weighted by Crippen LogP contribution is 2.30. The Morgan fingerprint density at radius 2 is 2.53 bits per heavy atom. The predicted molar refractivity (Wildman–Crippen MR) is 56.4 cm³/mol. The molecule has 0 bridgehead atoms. The van der Waals surface area contributed by atoms with Crippen LogP contribution in [0.15, 0.2) is 12.4 Å². The molecule has 1 aliphatic heterocycles. The minimum Gasteiger partial charge on any atom is -0.386 e. The highest BCUT2D eigenvalue weighted by atomic mass is 16.5. The highest BCUT2D eigenvalue weighted by molar-refractivity contribution is 5.10. The van der Waals surface area contributed by atoms with Crippen LogP contribution in [0.1, 0.15) is 31.9 Å². The third-order valence-corrected chi connectivity index (χ3v) is 3.07. The maximum absolute atomic E-state index is 10.1. The van der Waals surface area contributed by atoms with Gasteiger partial charge in [-0.2, -0.15) is 5.10 Å². The molecule has 1 aromatic heterocycles. The van der Waals surface area contributed by atoms with E-state index in [-0.39, 0.29) is 6.10 Å². The number of hydrogen-bond donors (Lipinski definition) is 1. The second kappa shape index (κ2) is 4.33. The lowest BCUT2D eigenvalue weighted by Crippen LogP contribution is -2.22. The van der Waals surface area contributed by atoms with Crippen molar-refractivity contribution in [3.63, 3.8) is 0 Å². The molecule has 0 radical (unpaired) electrons. The summed E-state index contributed by atoms with van der Waals surface area (Å²) in [4.78, 5) is 0. The lowest BCUT2D eigenvalue weighted by molar-refractivity contribution is -0.0178. The fraction of sp³-hybridized carbons (Fsp3) is 0.727. The number of aliphatic hydroxyl groups is 1. The molecular weight excluding hydrogens is 192 g/mol. The molecule has 0 spiro atoms. The summed E-state index contributed by atoms with van der Waals surface area (Å²) in [6, 6.07) is 0. The second-order valence-electron chi connectivity index (χ2n) is 4.18. The number of nitrogens with zero attached hydrogens (tertiary/aromatic N) is 2. The van der Waals surface area contributed by atoms with Gasteiger partial charge in [0.05, 0.1) is 12.3 Å². The SMILES string of the molecule is CCn1cc(C(O)C2OCCC2C)cn1. The van der Waals surface area contributed by atoms with E-state index in [0.717, 1.165) is 25.1 Å². The van der Waals surface area contributed by atoms with E-state index in [1.165, 1.54) is 0 Å². The van der Waals surface area contributed by atoms with Gasteiger partial charge in [-0.3, -0.25) is 4.68 Å². The normalized spacial score (nSPS) is 28.2. The van der Waals surface area contributed by atoms with E-state index in [0.29, 0.717) is 5.92 Å². The Hall–Kier alpha value is -0.870. The molecule has 1 N–H and O–H groups in total. The van der Waals surface area contributed by atoms with Crippen molar-refractivity contribution in [2.75, 3.05) is 6.61 Å². The molecule has 1 fully saturated rings. The van der Waals surface area contributed by atoms with Gasteiger partial charge in [0, 0.05) is 24.9 Å². The van der Waals surface area contributed by atoms with E-state index in [4.69, 9.17) is 4.74 Å². The van der Waals surface area contributed by atoms with Gasteiger partial charge in [0.1, 0.15) is 6.10 Å². The zero-order chi connectivity index (χ0) is 10.8. The lowest BCUT2D eigenvalue weighted by atomic mass is 9.96. The maximum Gasteiger partial charge on any atom is 0.108 e. The van der Waals surface area contributed by atoms with Gasteiger partial charge in [-0.15, -0.1) is 0 Å². The largest absolute Gasteiger partial charge is 0.386 e. The van der Waals surface area contributed by atoms with Crippen molar-refractivity contribution in [2.24, 2.45) is 5.92 Å². The van der Waals surface area contributed by atoms with Crippen LogP contribution in [0, 0.1) is 5.92 Å². The predicted octanol–water partition coefficient (Wildman–Crippen LogP) is 1.36. The van der Waals surface area contributed by atoms with Crippen molar-refractivity contribution in [1.29, 1.82) is 0 Å². The van der Waals surface area contributed by atoms with Crippen LogP contribution in [0.5, 0.6) is 0 Å². The Balaban J connectivity index is 2.09. The Bertz CT molecular complexity index is 324. The van der Waals surface area contributed by atoms with E-state index >= 15 is 0 Å². The Morgan fingerprint density at radius 1 is 1.73 bits per heavy atom. The molecule has 4 nitrogen and oxygen atoms in total. The molecule has 2 heterocycles. The number of ether oxygens (including phenoxy) is 1. The molecule has 1 aliphatic rings. The smallest absolute Gasteiger partial charge is 0.108 e. The Morgan fingerprint density at radius 3 is 3.07 bits per heavy atom. The summed E-state index contributed by atoms with van der Waals surface area (Å²) in [7, 11) is 0. The third kappa shape index (κ3) is 2.06. The summed E-state index contributed by atoms with van der Waals surface area (Å²) in [6.07, 6.45) is 4.04. The van der Waals surface area contributed by atoms with Crippen molar-refractivity contribution < 1.29 is 9.84 Å². The first kappa shape index (κ1) is 10.6. The van der Waals surface area contributed by atoms with Crippen LogP contribution >= 0.6 is 0 Å². The molecule has 3 unspecified atom stereocenters. The van der Waals surface area contributed by atoms with Gasteiger partial charge < -0.3 is 9.84 Å². The van der Waals surface area contributed by atoms with Crippen molar-refractivity contribution >= 4 is 0 Å². The molecule has 15 heavy (non-hydrogen) atoms. The molecule has 84 valence electrons. The summed E-state index contributed by atoms with van der Waals surface area (Å²) in [5.74, 6) is 0.421. The van der Waals surface area contributed by atoms with Gasteiger partial charge in [-0.1, -0.05) is 6.92 Å². The van der Waals surface area contributed by atoms with Gasteiger partial charge in [0.25, 0.3) is 0 Å². The number of aromatic nitrogens is 2. The van der Waals surface area contributed by atoms with Crippen LogP contribution in [0.25, 0.3) is 0 Å². The first-order chi connectivity index (χ1) is 7.22. The van der Waals surface area contributed by atoms with E-state index < -0.39 is 6.10 Å². The van der Waals surface area contributed by atoms with Crippen LogP contribution < -0.4 is 0 Å². The molecule has 0 amide bonds. The summed E-state index contributed by atoms with van der Waals surface area (Å²) in [5.41, 5.74) is 0.857. The van der Waals surface area contributed by atoms with E-state index in [2.05, 4.69) is 12.0 Å². The van der Waals surface area contributed by atoms with Crippen LogP contribution in [-0.4, -0.2) is 27.6 Å². The summed E-state index contributed by atoms with van der Waals surface area (Å²) in [6.45, 7) is 5.72. The fourth-order valence-electron chi connectivity index (χ4n) is 2.02. The van der Waals surface area contributed by atoms with E-state index in [9.17, 15) is 5.11 Å². The average Bonchev–Trinajstić information content (AvgIpc) is 2.84. The van der Waals surface area contributed by atoms with Crippen LogP contribution in [0.3, 0.4) is 0 Å². The van der Waals surface area contributed by atoms with Crippen molar-refractivity contribution in [1.82, 2.24) is 9.78 Å². The number of aryl methyl sites for hydroxylation is 1. The molecule has 0 aliphatic carbocycles. The zero-order valence-corrected chi connectivity index (χ0v) is 9.26. The molecule has 1 aromatic rings. The first-order valence-corrected chi connectivity index (χ1v) is 5.54. The minimum atomic E-state index is -0.539. The molecule has 0 aromatic carbocycles. The molecule has 0 saturated carbocycles. The zero-order valence-electron chi connectivity index (χ0n) is 9.26. The van der Waals surface area contributed by atoms with Gasteiger partial charge in [-0.05, 0) is 19.3 Å². The Kier molecular flexibility index (Phi) is 3.07. The standard InChI is InChI=1S/C11H18N2O2/c1-3-13-7-9(6-12-13)10(14)11-8(2)4-5-15-11/h6-8,10-11,14H,3-5H2,1-2H3. The van der Waals surface area contributed by atoms with E-state index in [1.807, 2.05) is 17.8 Å². The van der Waals surface area contributed by atoms with Gasteiger partial charge in [0.2, 0.25) is 0 Å². The van der Waals surface area contributed by atoms with E-state index in [1.54, 1.807) is 6.20 Å². The summed E-state index contributed by atoms with van der Waals surface area (Å²) in [5, 5.41) is 14.3. The molecule has 3 atom stereocenters. The summed E-state index contributed by atoms with van der Waals surface area (Å²) >= 11 is 0. The fourth-order valence-corrected chi connectivity index (χ4v) is 2.02. The maximum atomic E-state index is 10.1. The van der Waals surface area contributed by atoms with Gasteiger partial charge in [-0.25, -0.2) is 0 Å².